The van der Waals surface area contributed by atoms with Gasteiger partial charge in [0.2, 0.25) is 5.28 Å². The molecule has 5 heteroatoms. The van der Waals surface area contributed by atoms with Crippen LogP contribution < -0.4 is 4.74 Å². The molecule has 0 saturated heterocycles. The summed E-state index contributed by atoms with van der Waals surface area (Å²) in [6.45, 7) is 0. The van der Waals surface area contributed by atoms with E-state index in [1.54, 1.807) is 0 Å². The molecule has 0 atom stereocenters. The highest BCUT2D eigenvalue weighted by Gasteiger charge is 1.92. The Morgan fingerprint density at radius 2 is 2.10 bits per heavy atom. The van der Waals surface area contributed by atoms with Gasteiger partial charge >= 0.3 is 0 Å². The molecule has 54 valence electrons. The topological polar surface area (TPSA) is 35.0 Å². The zero-order chi connectivity index (χ0) is 7.40. The Hall–Kier alpha value is -0.350. The molecule has 3 nitrogen and oxygen atoms in total. The number of rotatable bonds is 2. The minimum absolute atomic E-state index is 0.224. The van der Waals surface area contributed by atoms with Crippen molar-refractivity contribution >= 4 is 27.5 Å². The summed E-state index contributed by atoms with van der Waals surface area (Å²) in [6, 6.07) is 0. The molecule has 0 aromatic carbocycles. The van der Waals surface area contributed by atoms with Crippen molar-refractivity contribution in [1.82, 2.24) is 9.97 Å². The normalized spacial score (nSPS) is 9.40. The first kappa shape index (κ1) is 7.75. The van der Waals surface area contributed by atoms with E-state index in [9.17, 15) is 0 Å². The van der Waals surface area contributed by atoms with Gasteiger partial charge in [0, 0.05) is 0 Å². The second-order valence-corrected chi connectivity index (χ2v) is 2.24. The van der Waals surface area contributed by atoms with E-state index < -0.39 is 0 Å². The van der Waals surface area contributed by atoms with Crippen molar-refractivity contribution in [1.29, 1.82) is 0 Å². The van der Waals surface area contributed by atoms with Gasteiger partial charge in [0.15, 0.2) is 5.75 Å². The van der Waals surface area contributed by atoms with Gasteiger partial charge in [-0.25, -0.2) is 9.97 Å². The van der Waals surface area contributed by atoms with Crippen LogP contribution in [0.1, 0.15) is 0 Å². The largest absolute Gasteiger partial charge is 0.479 e. The van der Waals surface area contributed by atoms with Gasteiger partial charge in [-0.2, -0.15) is 0 Å². The Morgan fingerprint density at radius 1 is 1.50 bits per heavy atom. The summed E-state index contributed by atoms with van der Waals surface area (Å²) in [7, 11) is 0. The summed E-state index contributed by atoms with van der Waals surface area (Å²) in [5.41, 5.74) is 0.429. The van der Waals surface area contributed by atoms with Crippen LogP contribution in [-0.2, 0) is 0 Å². The van der Waals surface area contributed by atoms with Crippen LogP contribution >= 0.6 is 27.5 Å². The van der Waals surface area contributed by atoms with E-state index in [2.05, 4.69) is 25.9 Å². The minimum atomic E-state index is 0.224. The van der Waals surface area contributed by atoms with Crippen molar-refractivity contribution < 1.29 is 4.74 Å². The Balaban J connectivity index is 2.69. The molecule has 0 amide bonds. The molecule has 0 aliphatic heterocycles. The second kappa shape index (κ2) is 3.73. The molecule has 1 rings (SSSR count). The van der Waals surface area contributed by atoms with Crippen molar-refractivity contribution in [3.8, 4) is 5.75 Å². The lowest BCUT2D eigenvalue weighted by molar-refractivity contribution is 0.394. The van der Waals surface area contributed by atoms with Gasteiger partial charge < -0.3 is 4.74 Å². The van der Waals surface area contributed by atoms with Crippen LogP contribution in [0, 0.1) is 0 Å². The van der Waals surface area contributed by atoms with Crippen LogP contribution in [0.2, 0.25) is 5.28 Å². The third-order valence-electron chi connectivity index (χ3n) is 0.818. The lowest BCUT2D eigenvalue weighted by Gasteiger charge is -1.97. The third-order valence-corrected chi connectivity index (χ3v) is 1.24. The zero-order valence-electron chi connectivity index (χ0n) is 4.92. The zero-order valence-corrected chi connectivity index (χ0v) is 7.26. The molecule has 1 aromatic heterocycles. The van der Waals surface area contributed by atoms with Crippen LogP contribution in [0.4, 0.5) is 0 Å². The SMILES string of the molecule is Clc1ncc(OCBr)cn1. The Morgan fingerprint density at radius 3 is 2.60 bits per heavy atom. The fourth-order valence-electron chi connectivity index (χ4n) is 0.438. The number of hydrogen-bond donors (Lipinski definition) is 0. The molecule has 0 fully saturated rings. The van der Waals surface area contributed by atoms with Crippen molar-refractivity contribution in [2.75, 3.05) is 5.52 Å². The van der Waals surface area contributed by atoms with Crippen molar-refractivity contribution in [3.05, 3.63) is 17.7 Å². The van der Waals surface area contributed by atoms with E-state index in [0.717, 1.165) is 0 Å². The summed E-state index contributed by atoms with van der Waals surface area (Å²) >= 11 is 8.52. The average molecular weight is 223 g/mol. The quantitative estimate of drug-likeness (QED) is 0.567. The number of hydrogen-bond acceptors (Lipinski definition) is 3. The van der Waals surface area contributed by atoms with E-state index in [-0.39, 0.29) is 5.28 Å². The van der Waals surface area contributed by atoms with E-state index >= 15 is 0 Å². The first-order chi connectivity index (χ1) is 4.83. The average Bonchev–Trinajstić information content (AvgIpc) is 1.95. The van der Waals surface area contributed by atoms with Crippen LogP contribution in [0.5, 0.6) is 5.75 Å². The smallest absolute Gasteiger partial charge is 0.222 e. The summed E-state index contributed by atoms with van der Waals surface area (Å²) in [5, 5.41) is 0.224. The third kappa shape index (κ3) is 2.11. The molecule has 0 aliphatic rings. The number of alkyl halides is 1. The second-order valence-electron chi connectivity index (χ2n) is 1.44. The van der Waals surface area contributed by atoms with Gasteiger partial charge in [-0.05, 0) is 27.5 Å². The molecule has 0 unspecified atom stereocenters. The first-order valence-electron chi connectivity index (χ1n) is 2.49. The Labute approximate surface area is 71.5 Å². The molecule has 0 aliphatic carbocycles. The van der Waals surface area contributed by atoms with Crippen LogP contribution in [0.15, 0.2) is 12.4 Å². The van der Waals surface area contributed by atoms with Gasteiger partial charge in [-0.1, -0.05) is 0 Å². The van der Waals surface area contributed by atoms with E-state index in [1.807, 2.05) is 0 Å². The van der Waals surface area contributed by atoms with Crippen molar-refractivity contribution in [2.24, 2.45) is 0 Å². The maximum atomic E-state index is 5.42. The standard InChI is InChI=1S/C5H4BrClN2O/c6-3-10-4-1-8-5(7)9-2-4/h1-2H,3H2. The fraction of sp³-hybridized carbons (Fsp3) is 0.200. The monoisotopic (exact) mass is 222 g/mol. The molecule has 1 heterocycles. The van der Waals surface area contributed by atoms with E-state index in [1.165, 1.54) is 12.4 Å². The van der Waals surface area contributed by atoms with Gasteiger partial charge in [0.05, 0.1) is 12.4 Å². The number of halogens is 2. The highest BCUT2D eigenvalue weighted by Crippen LogP contribution is 2.08. The Kier molecular flexibility index (Phi) is 2.89. The molecular formula is C5H4BrClN2O. The predicted molar refractivity (Wildman–Crippen MR) is 41.5 cm³/mol. The molecule has 0 radical (unpaired) electrons. The van der Waals surface area contributed by atoms with Crippen LogP contribution in [0.25, 0.3) is 0 Å². The van der Waals surface area contributed by atoms with Crippen molar-refractivity contribution in [3.63, 3.8) is 0 Å². The number of aromatic nitrogens is 2. The van der Waals surface area contributed by atoms with E-state index in [4.69, 9.17) is 16.3 Å². The van der Waals surface area contributed by atoms with Gasteiger partial charge in [0.25, 0.3) is 0 Å². The molecule has 0 saturated carbocycles. The van der Waals surface area contributed by atoms with Crippen molar-refractivity contribution in [2.45, 2.75) is 0 Å². The fourth-order valence-corrected chi connectivity index (χ4v) is 0.800. The number of nitrogens with zero attached hydrogens (tertiary/aromatic N) is 2. The molecular weight excluding hydrogens is 219 g/mol. The highest BCUT2D eigenvalue weighted by atomic mass is 79.9. The van der Waals surface area contributed by atoms with Crippen LogP contribution in [0.3, 0.4) is 0 Å². The molecule has 1 aromatic rings. The Bertz CT molecular complexity index is 203. The predicted octanol–water partition coefficient (Wildman–Crippen LogP) is 1.86. The number of ether oxygens (including phenoxy) is 1. The lowest BCUT2D eigenvalue weighted by atomic mass is 10.6. The van der Waals surface area contributed by atoms with Gasteiger partial charge in [-0.15, -0.1) is 0 Å². The highest BCUT2D eigenvalue weighted by molar-refractivity contribution is 9.09. The van der Waals surface area contributed by atoms with Gasteiger partial charge in [0.1, 0.15) is 5.52 Å². The first-order valence-corrected chi connectivity index (χ1v) is 3.99. The summed E-state index contributed by atoms with van der Waals surface area (Å²) in [5.74, 6) is 0.598. The van der Waals surface area contributed by atoms with Gasteiger partial charge in [-0.3, -0.25) is 0 Å². The lowest BCUT2D eigenvalue weighted by Crippen LogP contribution is -1.90. The maximum absolute atomic E-state index is 5.42. The molecule has 0 bridgehead atoms. The summed E-state index contributed by atoms with van der Waals surface area (Å²) in [6.07, 6.45) is 3.02. The molecule has 0 N–H and O–H groups in total. The molecule has 0 spiro atoms. The summed E-state index contributed by atoms with van der Waals surface area (Å²) < 4.78 is 4.99. The van der Waals surface area contributed by atoms with E-state index in [0.29, 0.717) is 11.3 Å². The minimum Gasteiger partial charge on any atom is -0.479 e. The summed E-state index contributed by atoms with van der Waals surface area (Å²) in [4.78, 5) is 7.41. The van der Waals surface area contributed by atoms with Crippen LogP contribution in [-0.4, -0.2) is 15.5 Å². The molecule has 10 heavy (non-hydrogen) atoms. The maximum Gasteiger partial charge on any atom is 0.222 e.